The van der Waals surface area contributed by atoms with Crippen molar-refractivity contribution in [3.8, 4) is 11.9 Å². The van der Waals surface area contributed by atoms with Crippen LogP contribution in [-0.2, 0) is 66.8 Å². The predicted octanol–water partition coefficient (Wildman–Crippen LogP) is -0.878. The number of rotatable bonds is 4. The zero-order valence-corrected chi connectivity index (χ0v) is 19.1. The summed E-state index contributed by atoms with van der Waals surface area (Å²) in [5.74, 6) is 3.19. The molecule has 0 aromatic carbocycles. The Bertz CT molecular complexity index is 1050. The zero-order chi connectivity index (χ0) is 19.3. The number of aromatic nitrogens is 12. The Morgan fingerprint density at radius 3 is 1.39 bits per heavy atom. The van der Waals surface area contributed by atoms with E-state index in [9.17, 15) is 0 Å². The maximum absolute atomic E-state index is 5.18. The number of hydrogen-bond acceptors (Lipinski definition) is 10. The van der Waals surface area contributed by atoms with E-state index in [2.05, 4.69) is 40.3 Å². The molecule has 0 saturated heterocycles. The second-order valence-corrected chi connectivity index (χ2v) is 6.52. The molecule has 0 N–H and O–H groups in total. The summed E-state index contributed by atoms with van der Waals surface area (Å²) in [5, 5.41) is 17.8. The third-order valence-electron chi connectivity index (χ3n) is 3.75. The molecule has 0 aliphatic rings. The van der Waals surface area contributed by atoms with E-state index in [0.717, 1.165) is 0 Å². The van der Waals surface area contributed by atoms with Gasteiger partial charge >= 0.3 is 21.1 Å². The third kappa shape index (κ3) is 3.66. The summed E-state index contributed by atoms with van der Waals surface area (Å²) in [6, 6.07) is 0. The van der Waals surface area contributed by atoms with Crippen LogP contribution in [0, 0.1) is 13.8 Å². The van der Waals surface area contributed by atoms with E-state index in [1.165, 1.54) is 9.36 Å². The van der Waals surface area contributed by atoms with Gasteiger partial charge in [-0.25, -0.2) is 19.3 Å². The van der Waals surface area contributed by atoms with Crippen molar-refractivity contribution in [1.82, 2.24) is 59.1 Å². The molecule has 0 amide bonds. The fourth-order valence-corrected chi connectivity index (χ4v) is 2.99. The minimum Gasteiger partial charge on any atom is -0.740 e. The van der Waals surface area contributed by atoms with Gasteiger partial charge in [0.05, 0.1) is 6.42 Å². The molecule has 0 aliphatic heterocycles. The molecule has 0 unspecified atom stereocenters. The molecule has 0 radical (unpaired) electrons. The fraction of sp³-hybridized carbons (Fsp3) is 0.385. The summed E-state index contributed by atoms with van der Waals surface area (Å²) < 4.78 is 6.15. The minimum absolute atomic E-state index is 0. The summed E-state index contributed by atoms with van der Waals surface area (Å²) in [4.78, 5) is 17.2. The molecule has 0 atom stereocenters. The van der Waals surface area contributed by atoms with Gasteiger partial charge in [-0.1, -0.05) is 0 Å². The Kier molecular flexibility index (Phi) is 5.55. The van der Waals surface area contributed by atoms with Crippen LogP contribution in [0.25, 0.3) is 11.9 Å². The molecule has 148 valence electrons. The average molecular weight is 598 g/mol. The second-order valence-electron chi connectivity index (χ2n) is 5.79. The van der Waals surface area contributed by atoms with Crippen LogP contribution in [0.15, 0.2) is 10.3 Å². The van der Waals surface area contributed by atoms with E-state index in [4.69, 9.17) is 25.3 Å². The number of hydrogen-bond donors (Lipinski definition) is 0. The van der Waals surface area contributed by atoms with Gasteiger partial charge in [0.25, 0.3) is 11.9 Å². The number of aryl methyl sites for hydroxylation is 4. The van der Waals surface area contributed by atoms with Gasteiger partial charge < -0.3 is 25.3 Å². The first-order chi connectivity index (χ1) is 12.8. The molecular weight excluding hydrogens is 583 g/mol. The number of nitrogens with zero attached hydrogens (tertiary/aromatic N) is 12. The molecule has 0 fully saturated rings. The molecule has 4 aromatic rings. The van der Waals surface area contributed by atoms with Crippen molar-refractivity contribution in [2.75, 3.05) is 0 Å². The van der Waals surface area contributed by atoms with Crippen LogP contribution >= 0.6 is 0 Å². The van der Waals surface area contributed by atoms with Crippen molar-refractivity contribution >= 4 is 25.3 Å². The second kappa shape index (κ2) is 7.60. The monoisotopic (exact) mass is 597 g/mol. The molecule has 0 spiro atoms. The minimum atomic E-state index is 0. The molecule has 4 rings (SSSR count). The van der Waals surface area contributed by atoms with Crippen molar-refractivity contribution in [2.24, 2.45) is 14.1 Å². The molecule has 0 bridgehead atoms. The van der Waals surface area contributed by atoms with Crippen molar-refractivity contribution in [1.29, 1.82) is 0 Å². The van der Waals surface area contributed by atoms with Gasteiger partial charge in [-0.2, -0.15) is 20.2 Å². The van der Waals surface area contributed by atoms with E-state index >= 15 is 0 Å². The Labute approximate surface area is 184 Å². The zero-order valence-electron chi connectivity index (χ0n) is 15.2. The summed E-state index contributed by atoms with van der Waals surface area (Å²) in [6.45, 7) is 3.52. The van der Waals surface area contributed by atoms with Crippen molar-refractivity contribution in [3.05, 3.63) is 23.3 Å². The SMILES string of the molecule is Cc1nc([S-])n(-c2nc(Cc3nc(-n4nc(C)nc4[S-])nn3C)n(C)n2)n1.[Pt+2]. The van der Waals surface area contributed by atoms with E-state index in [1.54, 1.807) is 37.3 Å². The van der Waals surface area contributed by atoms with Gasteiger partial charge in [0, 0.05) is 24.4 Å². The van der Waals surface area contributed by atoms with Crippen molar-refractivity contribution < 1.29 is 21.1 Å². The van der Waals surface area contributed by atoms with E-state index in [0.29, 0.717) is 51.9 Å². The van der Waals surface area contributed by atoms with Crippen LogP contribution in [0.1, 0.15) is 23.3 Å². The first-order valence-electron chi connectivity index (χ1n) is 7.83. The van der Waals surface area contributed by atoms with Crippen molar-refractivity contribution in [3.63, 3.8) is 0 Å². The van der Waals surface area contributed by atoms with Crippen LogP contribution in [0.5, 0.6) is 0 Å². The molecule has 4 aromatic heterocycles. The predicted molar refractivity (Wildman–Crippen MR) is 95.4 cm³/mol. The quantitative estimate of drug-likeness (QED) is 0.274. The molecule has 0 aliphatic carbocycles. The standard InChI is InChI=1S/C13H16N12S2.Pt/c1-6-14-12(26)24(18-6)10-16-8(22(3)20-10)5-9-17-11(21-23(9)4)25-13(27)15-7(2)19-25;/h5H2,1-4H3,(H,14,18,26)(H,15,19,27);/q;+2/p-2. The van der Waals surface area contributed by atoms with Gasteiger partial charge in [0.15, 0.2) is 0 Å². The molecule has 12 nitrogen and oxygen atoms in total. The Balaban J connectivity index is 0.00000225. The maximum Gasteiger partial charge on any atom is 2.00 e. The van der Waals surface area contributed by atoms with Gasteiger partial charge in [-0.05, 0) is 13.8 Å². The summed E-state index contributed by atoms with van der Waals surface area (Å²) in [7, 11) is 3.58. The summed E-state index contributed by atoms with van der Waals surface area (Å²) in [6.07, 6.45) is 0.397. The van der Waals surface area contributed by atoms with Gasteiger partial charge in [-0.3, -0.25) is 9.36 Å². The average Bonchev–Trinajstić information content (AvgIpc) is 3.30. The van der Waals surface area contributed by atoms with E-state index in [1.807, 2.05) is 0 Å². The van der Waals surface area contributed by atoms with Crippen molar-refractivity contribution in [2.45, 2.75) is 30.6 Å². The smallest absolute Gasteiger partial charge is 0.740 e. The van der Waals surface area contributed by atoms with Gasteiger partial charge in [0.1, 0.15) is 23.3 Å². The summed E-state index contributed by atoms with van der Waals surface area (Å²) in [5.41, 5.74) is 0. The van der Waals surface area contributed by atoms with Crippen LogP contribution in [-0.4, -0.2) is 59.1 Å². The largest absolute Gasteiger partial charge is 2.00 e. The molecule has 4 heterocycles. The van der Waals surface area contributed by atoms with Crippen LogP contribution < -0.4 is 0 Å². The first-order valence-corrected chi connectivity index (χ1v) is 8.65. The Morgan fingerprint density at radius 2 is 1.07 bits per heavy atom. The fourth-order valence-electron chi connectivity index (χ4n) is 2.48. The van der Waals surface area contributed by atoms with Crippen LogP contribution in [0.4, 0.5) is 0 Å². The van der Waals surface area contributed by atoms with E-state index in [-0.39, 0.29) is 21.1 Å². The molecule has 28 heavy (non-hydrogen) atoms. The van der Waals surface area contributed by atoms with Gasteiger partial charge in [0.2, 0.25) is 0 Å². The van der Waals surface area contributed by atoms with Crippen LogP contribution in [0.2, 0.25) is 0 Å². The topological polar surface area (TPSA) is 123 Å². The molecular formula is C13H14N12PtS2. The Morgan fingerprint density at radius 1 is 0.679 bits per heavy atom. The molecule has 0 saturated carbocycles. The summed E-state index contributed by atoms with van der Waals surface area (Å²) >= 11 is 10.4. The van der Waals surface area contributed by atoms with E-state index < -0.39 is 0 Å². The third-order valence-corrected chi connectivity index (χ3v) is 4.27. The first kappa shape index (κ1) is 20.4. The van der Waals surface area contributed by atoms with Gasteiger partial charge in [-0.15, -0.1) is 10.2 Å². The molecule has 15 heteroatoms. The Hall–Kier alpha value is -2.31. The maximum atomic E-state index is 5.18. The normalized spacial score (nSPS) is 11.0. The van der Waals surface area contributed by atoms with Crippen LogP contribution in [0.3, 0.4) is 0 Å².